The Morgan fingerprint density at radius 3 is 2.58 bits per heavy atom. The third kappa shape index (κ3) is 4.27. The van der Waals surface area contributed by atoms with Gasteiger partial charge >= 0.3 is 0 Å². The van der Waals surface area contributed by atoms with E-state index >= 15 is 0 Å². The van der Waals surface area contributed by atoms with Crippen LogP contribution in [0.15, 0.2) is 46.9 Å². The third-order valence-electron chi connectivity index (χ3n) is 3.50. The van der Waals surface area contributed by atoms with Crippen LogP contribution in [0.3, 0.4) is 0 Å². The van der Waals surface area contributed by atoms with E-state index in [0.717, 1.165) is 16.8 Å². The molecule has 3 aromatic rings. The third-order valence-corrected chi connectivity index (χ3v) is 4.99. The van der Waals surface area contributed by atoms with Crippen molar-refractivity contribution in [3.63, 3.8) is 0 Å². The van der Waals surface area contributed by atoms with Crippen molar-refractivity contribution in [2.75, 3.05) is 19.6 Å². The summed E-state index contributed by atoms with van der Waals surface area (Å²) >= 11 is 13.4. The van der Waals surface area contributed by atoms with E-state index < -0.39 is 0 Å². The van der Waals surface area contributed by atoms with Crippen molar-refractivity contribution < 1.29 is 9.47 Å². The summed E-state index contributed by atoms with van der Waals surface area (Å²) in [6.07, 6.45) is 1.68. The Bertz CT molecular complexity index is 944. The quantitative estimate of drug-likeness (QED) is 0.427. The standard InChI is InChI=1S/C18H15Cl2N3O2S/c1-24-16-6-3-11(7-17(16)25-2)9-21-23-18-22-15(10-26-18)12-4-5-13(19)14(20)8-12/h3-10H,1-2H3,(H,22,23)/b21-9+. The number of hydrazone groups is 1. The van der Waals surface area contributed by atoms with E-state index in [1.165, 1.54) is 11.3 Å². The molecule has 1 aromatic heterocycles. The number of rotatable bonds is 6. The number of nitrogens with one attached hydrogen (secondary N) is 1. The zero-order valence-corrected chi connectivity index (χ0v) is 16.3. The van der Waals surface area contributed by atoms with Crippen LogP contribution in [0.2, 0.25) is 10.0 Å². The summed E-state index contributed by atoms with van der Waals surface area (Å²) in [7, 11) is 3.19. The first kappa shape index (κ1) is 18.5. The number of hydrogen-bond acceptors (Lipinski definition) is 6. The average molecular weight is 408 g/mol. The lowest BCUT2D eigenvalue weighted by Gasteiger charge is -2.07. The molecule has 0 radical (unpaired) electrons. The predicted octanol–water partition coefficient (Wildman–Crippen LogP) is 5.58. The molecule has 0 unspecified atom stereocenters. The van der Waals surface area contributed by atoms with Crippen molar-refractivity contribution in [3.05, 3.63) is 57.4 Å². The van der Waals surface area contributed by atoms with Gasteiger partial charge in [0, 0.05) is 10.9 Å². The summed E-state index contributed by atoms with van der Waals surface area (Å²) in [6, 6.07) is 11.0. The monoisotopic (exact) mass is 407 g/mol. The SMILES string of the molecule is COc1ccc(/C=N/Nc2nc(-c3ccc(Cl)c(Cl)c3)cs2)cc1OC. The van der Waals surface area contributed by atoms with Crippen LogP contribution < -0.4 is 14.9 Å². The topological polar surface area (TPSA) is 55.7 Å². The van der Waals surface area contributed by atoms with E-state index in [9.17, 15) is 0 Å². The average Bonchev–Trinajstić information content (AvgIpc) is 3.12. The minimum absolute atomic E-state index is 0.498. The van der Waals surface area contributed by atoms with Crippen molar-refractivity contribution in [1.29, 1.82) is 0 Å². The van der Waals surface area contributed by atoms with Crippen LogP contribution in [0.1, 0.15) is 5.56 Å². The second-order valence-corrected chi connectivity index (χ2v) is 6.82. The lowest BCUT2D eigenvalue weighted by atomic mass is 10.2. The highest BCUT2D eigenvalue weighted by Crippen LogP contribution is 2.30. The molecule has 134 valence electrons. The van der Waals surface area contributed by atoms with Gasteiger partial charge in [-0.05, 0) is 35.9 Å². The van der Waals surface area contributed by atoms with Crippen LogP contribution in [0, 0.1) is 0 Å². The fourth-order valence-corrected chi connectivity index (χ4v) is 3.17. The van der Waals surface area contributed by atoms with Crippen LogP contribution in [0.5, 0.6) is 11.5 Å². The summed E-state index contributed by atoms with van der Waals surface area (Å²) in [5, 5.41) is 7.82. The number of aromatic nitrogens is 1. The van der Waals surface area contributed by atoms with Gasteiger partial charge in [0.2, 0.25) is 5.13 Å². The molecule has 1 N–H and O–H groups in total. The van der Waals surface area contributed by atoms with Crippen LogP contribution in [0.4, 0.5) is 5.13 Å². The molecule has 5 nitrogen and oxygen atoms in total. The Balaban J connectivity index is 1.70. The molecule has 0 saturated carbocycles. The van der Waals surface area contributed by atoms with Crippen LogP contribution in [0.25, 0.3) is 11.3 Å². The van der Waals surface area contributed by atoms with Gasteiger partial charge in [0.05, 0.1) is 36.2 Å². The molecule has 1 heterocycles. The van der Waals surface area contributed by atoms with E-state index in [-0.39, 0.29) is 0 Å². The number of nitrogens with zero attached hydrogens (tertiary/aromatic N) is 2. The number of halogens is 2. The van der Waals surface area contributed by atoms with Crippen LogP contribution in [-0.2, 0) is 0 Å². The number of methoxy groups -OCH3 is 2. The van der Waals surface area contributed by atoms with Crippen molar-refractivity contribution in [3.8, 4) is 22.8 Å². The summed E-state index contributed by atoms with van der Waals surface area (Å²) in [4.78, 5) is 4.49. The molecule has 3 rings (SSSR count). The highest BCUT2D eigenvalue weighted by atomic mass is 35.5. The first-order chi connectivity index (χ1) is 12.6. The molecule has 0 amide bonds. The van der Waals surface area contributed by atoms with Gasteiger partial charge < -0.3 is 9.47 Å². The molecule has 0 aliphatic carbocycles. The highest BCUT2D eigenvalue weighted by molar-refractivity contribution is 7.14. The molecular weight excluding hydrogens is 393 g/mol. The first-order valence-electron chi connectivity index (χ1n) is 7.52. The molecule has 0 fully saturated rings. The van der Waals surface area contributed by atoms with Crippen molar-refractivity contribution in [1.82, 2.24) is 4.98 Å². The number of thiazole rings is 1. The zero-order valence-electron chi connectivity index (χ0n) is 14.0. The molecule has 0 bridgehead atoms. The Hall–Kier alpha value is -2.28. The molecule has 0 spiro atoms. The smallest absolute Gasteiger partial charge is 0.203 e. The van der Waals surface area contributed by atoms with Gasteiger partial charge in [-0.3, -0.25) is 5.43 Å². The predicted molar refractivity (Wildman–Crippen MR) is 108 cm³/mol. The van der Waals surface area contributed by atoms with Crippen LogP contribution >= 0.6 is 34.5 Å². The molecule has 0 saturated heterocycles. The van der Waals surface area contributed by atoms with E-state index in [0.29, 0.717) is 26.7 Å². The second kappa shape index (κ2) is 8.40. The minimum Gasteiger partial charge on any atom is -0.493 e. The maximum absolute atomic E-state index is 6.05. The molecule has 0 aliphatic rings. The van der Waals surface area contributed by atoms with Gasteiger partial charge in [-0.1, -0.05) is 29.3 Å². The van der Waals surface area contributed by atoms with E-state index in [1.54, 1.807) is 32.6 Å². The lowest BCUT2D eigenvalue weighted by molar-refractivity contribution is 0.355. The highest BCUT2D eigenvalue weighted by Gasteiger charge is 2.07. The number of hydrogen-bond donors (Lipinski definition) is 1. The first-order valence-corrected chi connectivity index (χ1v) is 9.16. The van der Waals surface area contributed by atoms with Gasteiger partial charge in [0.15, 0.2) is 11.5 Å². The Morgan fingerprint density at radius 2 is 1.85 bits per heavy atom. The zero-order chi connectivity index (χ0) is 18.5. The summed E-state index contributed by atoms with van der Waals surface area (Å²) in [5.41, 5.74) is 5.49. The summed E-state index contributed by atoms with van der Waals surface area (Å²) in [6.45, 7) is 0. The van der Waals surface area contributed by atoms with Gasteiger partial charge in [-0.2, -0.15) is 5.10 Å². The summed E-state index contributed by atoms with van der Waals surface area (Å²) < 4.78 is 10.5. The Labute approximate surface area is 165 Å². The van der Waals surface area contributed by atoms with Gasteiger partial charge in [-0.25, -0.2) is 4.98 Å². The van der Waals surface area contributed by atoms with Gasteiger partial charge in [0.25, 0.3) is 0 Å². The van der Waals surface area contributed by atoms with E-state index in [4.69, 9.17) is 32.7 Å². The molecule has 0 aliphatic heterocycles. The fourth-order valence-electron chi connectivity index (χ4n) is 2.21. The fraction of sp³-hybridized carbons (Fsp3) is 0.111. The number of anilines is 1. The molecular formula is C18H15Cl2N3O2S. The number of benzene rings is 2. The minimum atomic E-state index is 0.498. The van der Waals surface area contributed by atoms with Crippen molar-refractivity contribution in [2.45, 2.75) is 0 Å². The normalized spacial score (nSPS) is 10.9. The molecule has 26 heavy (non-hydrogen) atoms. The van der Waals surface area contributed by atoms with Gasteiger partial charge in [-0.15, -0.1) is 11.3 Å². The van der Waals surface area contributed by atoms with Gasteiger partial charge in [0.1, 0.15) is 0 Å². The van der Waals surface area contributed by atoms with Crippen LogP contribution in [-0.4, -0.2) is 25.4 Å². The largest absolute Gasteiger partial charge is 0.493 e. The van der Waals surface area contributed by atoms with E-state index in [2.05, 4.69) is 15.5 Å². The molecule has 0 atom stereocenters. The maximum Gasteiger partial charge on any atom is 0.203 e. The summed E-state index contributed by atoms with van der Waals surface area (Å²) in [5.74, 6) is 1.32. The maximum atomic E-state index is 6.05. The second-order valence-electron chi connectivity index (χ2n) is 5.15. The molecule has 8 heteroatoms. The van der Waals surface area contributed by atoms with Crippen molar-refractivity contribution >= 4 is 45.9 Å². The Morgan fingerprint density at radius 1 is 1.04 bits per heavy atom. The van der Waals surface area contributed by atoms with Crippen molar-refractivity contribution in [2.24, 2.45) is 5.10 Å². The van der Waals surface area contributed by atoms with E-state index in [1.807, 2.05) is 29.6 Å². The lowest BCUT2D eigenvalue weighted by Crippen LogP contribution is -1.94. The molecule has 2 aromatic carbocycles. The number of ether oxygens (including phenoxy) is 2. The Kier molecular flexibility index (Phi) is 5.98.